The second-order valence-electron chi connectivity index (χ2n) is 5.25. The number of amides is 1. The van der Waals surface area contributed by atoms with Crippen LogP contribution < -0.4 is 10.6 Å². The maximum Gasteiger partial charge on any atom is 0.408 e. The zero-order chi connectivity index (χ0) is 13.1. The fraction of sp³-hybridized carbons (Fsp3) is 0.909. The normalized spacial score (nSPS) is 24.9. The Hall–Kier alpha value is -0.910. The van der Waals surface area contributed by atoms with Gasteiger partial charge in [0.2, 0.25) is 0 Å². The average Bonchev–Trinajstić information content (AvgIpc) is 2.25. The van der Waals surface area contributed by atoms with Crippen molar-refractivity contribution in [2.75, 3.05) is 13.1 Å². The van der Waals surface area contributed by atoms with Crippen LogP contribution in [-0.2, 0) is 4.74 Å². The van der Waals surface area contributed by atoms with Crippen LogP contribution in [0.25, 0.3) is 0 Å². The molecule has 17 heavy (non-hydrogen) atoms. The third-order valence-corrected chi connectivity index (χ3v) is 2.45. The molecule has 4 nitrogen and oxygen atoms in total. The van der Waals surface area contributed by atoms with Crippen molar-refractivity contribution in [3.05, 3.63) is 0 Å². The number of alkyl carbamates (subject to hydrolysis) is 1. The minimum atomic E-state index is -2.89. The van der Waals surface area contributed by atoms with Crippen molar-refractivity contribution in [2.24, 2.45) is 0 Å². The van der Waals surface area contributed by atoms with E-state index in [9.17, 15) is 13.6 Å². The predicted molar refractivity (Wildman–Crippen MR) is 60.2 cm³/mol. The first kappa shape index (κ1) is 14.2. The molecule has 1 amide bonds. The third kappa shape index (κ3) is 4.85. The Morgan fingerprint density at radius 3 is 2.65 bits per heavy atom. The zero-order valence-corrected chi connectivity index (χ0v) is 10.5. The molecule has 0 aliphatic carbocycles. The summed E-state index contributed by atoms with van der Waals surface area (Å²) in [7, 11) is 0. The molecule has 2 N–H and O–H groups in total. The monoisotopic (exact) mass is 250 g/mol. The minimum absolute atomic E-state index is 0.201. The van der Waals surface area contributed by atoms with Crippen LogP contribution in [0.15, 0.2) is 0 Å². The van der Waals surface area contributed by atoms with Gasteiger partial charge in [0.25, 0.3) is 5.92 Å². The number of carbonyl (C=O) groups is 1. The van der Waals surface area contributed by atoms with E-state index in [1.165, 1.54) is 0 Å². The van der Waals surface area contributed by atoms with E-state index in [2.05, 4.69) is 10.6 Å². The Morgan fingerprint density at radius 2 is 2.06 bits per heavy atom. The van der Waals surface area contributed by atoms with Gasteiger partial charge in [-0.3, -0.25) is 0 Å². The van der Waals surface area contributed by atoms with Gasteiger partial charge in [0, 0.05) is 13.0 Å². The fourth-order valence-corrected chi connectivity index (χ4v) is 1.64. The Balaban J connectivity index is 2.56. The van der Waals surface area contributed by atoms with Crippen LogP contribution >= 0.6 is 0 Å². The van der Waals surface area contributed by atoms with E-state index in [1.807, 2.05) is 0 Å². The lowest BCUT2D eigenvalue weighted by molar-refractivity contribution is -0.0430. The summed E-state index contributed by atoms with van der Waals surface area (Å²) in [6, 6.07) is -1.16. The maximum atomic E-state index is 13.6. The number of halogens is 2. The Kier molecular flexibility index (Phi) is 4.30. The summed E-state index contributed by atoms with van der Waals surface area (Å²) < 4.78 is 32.2. The molecule has 0 radical (unpaired) electrons. The smallest absolute Gasteiger partial charge is 0.408 e. The van der Waals surface area contributed by atoms with Gasteiger partial charge >= 0.3 is 6.09 Å². The highest BCUT2D eigenvalue weighted by atomic mass is 19.3. The van der Waals surface area contributed by atoms with E-state index in [0.29, 0.717) is 6.54 Å². The molecule has 1 heterocycles. The van der Waals surface area contributed by atoms with Crippen molar-refractivity contribution in [3.8, 4) is 0 Å². The summed E-state index contributed by atoms with van der Waals surface area (Å²) in [6.07, 6.45) is -0.858. The average molecular weight is 250 g/mol. The number of rotatable bonds is 1. The molecule has 1 saturated heterocycles. The van der Waals surface area contributed by atoms with Gasteiger partial charge in [-0.15, -0.1) is 0 Å². The molecule has 1 atom stereocenters. The molecule has 0 aromatic heterocycles. The number of hydrogen-bond acceptors (Lipinski definition) is 3. The highest BCUT2D eigenvalue weighted by molar-refractivity contribution is 5.68. The van der Waals surface area contributed by atoms with Crippen molar-refractivity contribution in [1.82, 2.24) is 10.6 Å². The van der Waals surface area contributed by atoms with Gasteiger partial charge in [0.1, 0.15) is 5.60 Å². The summed E-state index contributed by atoms with van der Waals surface area (Å²) in [5.74, 6) is -2.89. The van der Waals surface area contributed by atoms with Crippen LogP contribution in [0.5, 0.6) is 0 Å². The SMILES string of the molecule is CC(C)(C)OC(=O)NC1CCNCCC1(F)F. The van der Waals surface area contributed by atoms with E-state index in [4.69, 9.17) is 4.74 Å². The van der Waals surface area contributed by atoms with Crippen molar-refractivity contribution in [3.63, 3.8) is 0 Å². The van der Waals surface area contributed by atoms with Crippen LogP contribution in [0.1, 0.15) is 33.6 Å². The van der Waals surface area contributed by atoms with Gasteiger partial charge in [-0.25, -0.2) is 13.6 Å². The fourth-order valence-electron chi connectivity index (χ4n) is 1.64. The van der Waals surface area contributed by atoms with Crippen LogP contribution in [0.3, 0.4) is 0 Å². The molecular formula is C11H20F2N2O2. The topological polar surface area (TPSA) is 50.4 Å². The molecule has 6 heteroatoms. The number of nitrogens with one attached hydrogen (secondary N) is 2. The molecule has 0 aromatic rings. The van der Waals surface area contributed by atoms with E-state index in [0.717, 1.165) is 0 Å². The predicted octanol–water partition coefficient (Wildman–Crippen LogP) is 1.90. The van der Waals surface area contributed by atoms with Gasteiger partial charge < -0.3 is 15.4 Å². The molecular weight excluding hydrogens is 230 g/mol. The molecule has 0 aromatic carbocycles. The summed E-state index contributed by atoms with van der Waals surface area (Å²) >= 11 is 0. The Labute approximate surface area is 100 Å². The molecule has 0 spiro atoms. The highest BCUT2D eigenvalue weighted by Gasteiger charge is 2.41. The largest absolute Gasteiger partial charge is 0.444 e. The first-order chi connectivity index (χ1) is 7.71. The van der Waals surface area contributed by atoms with E-state index in [-0.39, 0.29) is 19.4 Å². The van der Waals surface area contributed by atoms with Crippen molar-refractivity contribution < 1.29 is 18.3 Å². The lowest BCUT2D eigenvalue weighted by Gasteiger charge is -2.27. The Morgan fingerprint density at radius 1 is 1.41 bits per heavy atom. The van der Waals surface area contributed by atoms with Gasteiger partial charge in [0.15, 0.2) is 0 Å². The summed E-state index contributed by atoms with van der Waals surface area (Å²) in [5.41, 5.74) is -0.678. The van der Waals surface area contributed by atoms with Crippen LogP contribution in [0.2, 0.25) is 0 Å². The van der Waals surface area contributed by atoms with Crippen LogP contribution in [0.4, 0.5) is 13.6 Å². The molecule has 1 aliphatic heterocycles. The molecule has 1 rings (SSSR count). The van der Waals surface area contributed by atoms with E-state index in [1.54, 1.807) is 20.8 Å². The summed E-state index contributed by atoms with van der Waals surface area (Å²) in [4.78, 5) is 11.4. The van der Waals surface area contributed by atoms with Crippen LogP contribution in [-0.4, -0.2) is 36.7 Å². The van der Waals surface area contributed by atoms with Gasteiger partial charge in [-0.2, -0.15) is 0 Å². The molecule has 0 bridgehead atoms. The minimum Gasteiger partial charge on any atom is -0.444 e. The molecule has 0 saturated carbocycles. The number of carbonyl (C=O) groups excluding carboxylic acids is 1. The van der Waals surface area contributed by atoms with Crippen molar-refractivity contribution >= 4 is 6.09 Å². The zero-order valence-electron chi connectivity index (χ0n) is 10.5. The number of ether oxygens (including phenoxy) is 1. The van der Waals surface area contributed by atoms with Crippen LogP contribution in [0, 0.1) is 0 Å². The first-order valence-corrected chi connectivity index (χ1v) is 5.79. The molecule has 1 unspecified atom stereocenters. The van der Waals surface area contributed by atoms with E-state index >= 15 is 0 Å². The molecule has 1 fully saturated rings. The maximum absolute atomic E-state index is 13.6. The van der Waals surface area contributed by atoms with Gasteiger partial charge in [-0.1, -0.05) is 0 Å². The lowest BCUT2D eigenvalue weighted by atomic mass is 10.1. The second-order valence-corrected chi connectivity index (χ2v) is 5.25. The summed E-state index contributed by atoms with van der Waals surface area (Å²) in [5, 5.41) is 5.14. The molecule has 1 aliphatic rings. The molecule has 100 valence electrons. The highest BCUT2D eigenvalue weighted by Crippen LogP contribution is 2.26. The standard InChI is InChI=1S/C11H20F2N2O2/c1-10(2,3)17-9(16)15-8-4-6-14-7-5-11(8,12)13/h8,14H,4-7H2,1-3H3,(H,15,16). The van der Waals surface area contributed by atoms with E-state index < -0.39 is 23.7 Å². The third-order valence-electron chi connectivity index (χ3n) is 2.45. The number of hydrogen-bond donors (Lipinski definition) is 2. The van der Waals surface area contributed by atoms with Gasteiger partial charge in [0.05, 0.1) is 6.04 Å². The number of alkyl halides is 2. The lowest BCUT2D eigenvalue weighted by Crippen LogP contribution is -2.49. The summed E-state index contributed by atoms with van der Waals surface area (Å²) in [6.45, 7) is 5.81. The first-order valence-electron chi connectivity index (χ1n) is 5.79. The van der Waals surface area contributed by atoms with Gasteiger partial charge in [-0.05, 0) is 33.7 Å². The van der Waals surface area contributed by atoms with Crippen molar-refractivity contribution in [1.29, 1.82) is 0 Å². The second kappa shape index (κ2) is 5.16. The Bertz CT molecular complexity index is 277. The quantitative estimate of drug-likeness (QED) is 0.747. The van der Waals surface area contributed by atoms with Crippen molar-refractivity contribution in [2.45, 2.75) is 51.2 Å².